The van der Waals surface area contributed by atoms with Gasteiger partial charge in [0.15, 0.2) is 17.3 Å². The maximum absolute atomic E-state index is 13.7. The first kappa shape index (κ1) is 18.9. The number of ether oxygens (including phenoxy) is 2. The Labute approximate surface area is 157 Å². The molecule has 1 aliphatic heterocycles. The zero-order valence-corrected chi connectivity index (χ0v) is 15.5. The highest BCUT2D eigenvalue weighted by molar-refractivity contribution is 5.98. The van der Waals surface area contributed by atoms with E-state index in [0.717, 1.165) is 11.1 Å². The van der Waals surface area contributed by atoms with Crippen molar-refractivity contribution in [2.75, 3.05) is 20.8 Å². The predicted octanol–water partition coefficient (Wildman–Crippen LogP) is 3.39. The van der Waals surface area contributed by atoms with Gasteiger partial charge in [0.2, 0.25) is 5.91 Å². The van der Waals surface area contributed by atoms with Crippen molar-refractivity contribution in [3.05, 3.63) is 58.9 Å². The quantitative estimate of drug-likeness (QED) is 0.731. The number of rotatable bonds is 6. The van der Waals surface area contributed by atoms with Gasteiger partial charge < -0.3 is 14.4 Å². The van der Waals surface area contributed by atoms with E-state index < -0.39 is 5.82 Å². The minimum atomic E-state index is -0.553. The summed E-state index contributed by atoms with van der Waals surface area (Å²) in [6.07, 6.45) is 0.771. The van der Waals surface area contributed by atoms with E-state index in [0.29, 0.717) is 31.0 Å². The standard InChI is InChI=1S/C21H22FNO4/c1-26-19-11-14-9-10-23(13-15(14)12-20(19)27-2)21(25)8-7-18(24)16-5-3-4-6-17(16)22/h3-6,11-12H,7-10,13H2,1-2H3. The SMILES string of the molecule is COc1cc2c(cc1OC)CN(C(=O)CCC(=O)c1ccccc1F)CC2. The third kappa shape index (κ3) is 4.10. The van der Waals surface area contributed by atoms with Gasteiger partial charge in [-0.3, -0.25) is 9.59 Å². The molecule has 1 heterocycles. The van der Waals surface area contributed by atoms with E-state index in [1.165, 1.54) is 18.2 Å². The fourth-order valence-corrected chi connectivity index (χ4v) is 3.30. The molecule has 0 atom stereocenters. The van der Waals surface area contributed by atoms with Gasteiger partial charge in [0.25, 0.3) is 0 Å². The van der Waals surface area contributed by atoms with E-state index >= 15 is 0 Å². The number of nitrogens with zero attached hydrogens (tertiary/aromatic N) is 1. The van der Waals surface area contributed by atoms with Crippen molar-refractivity contribution < 1.29 is 23.5 Å². The lowest BCUT2D eigenvalue weighted by Gasteiger charge is -2.29. The zero-order chi connectivity index (χ0) is 19.4. The highest BCUT2D eigenvalue weighted by atomic mass is 19.1. The van der Waals surface area contributed by atoms with Crippen LogP contribution in [0.3, 0.4) is 0 Å². The number of carbonyl (C=O) groups is 2. The molecule has 0 aromatic heterocycles. The fourth-order valence-electron chi connectivity index (χ4n) is 3.30. The summed E-state index contributed by atoms with van der Waals surface area (Å²) in [7, 11) is 3.17. The minimum absolute atomic E-state index is 0.00490. The highest BCUT2D eigenvalue weighted by Gasteiger charge is 2.23. The molecule has 142 valence electrons. The Bertz CT molecular complexity index is 865. The van der Waals surface area contributed by atoms with Crippen molar-refractivity contribution in [1.29, 1.82) is 0 Å². The summed E-state index contributed by atoms with van der Waals surface area (Å²) in [6.45, 7) is 1.04. The number of carbonyl (C=O) groups excluding carboxylic acids is 2. The van der Waals surface area contributed by atoms with Gasteiger partial charge in [-0.1, -0.05) is 12.1 Å². The number of fused-ring (bicyclic) bond motifs is 1. The van der Waals surface area contributed by atoms with Gasteiger partial charge in [0, 0.05) is 25.9 Å². The van der Waals surface area contributed by atoms with Crippen LogP contribution in [0.2, 0.25) is 0 Å². The number of ketones is 1. The monoisotopic (exact) mass is 371 g/mol. The van der Waals surface area contributed by atoms with Crippen LogP contribution in [-0.4, -0.2) is 37.4 Å². The highest BCUT2D eigenvalue weighted by Crippen LogP contribution is 2.33. The molecule has 0 unspecified atom stereocenters. The van der Waals surface area contributed by atoms with Gasteiger partial charge >= 0.3 is 0 Å². The van der Waals surface area contributed by atoms with Crippen molar-refractivity contribution in [3.8, 4) is 11.5 Å². The van der Waals surface area contributed by atoms with E-state index in [2.05, 4.69) is 0 Å². The summed E-state index contributed by atoms with van der Waals surface area (Å²) in [5.41, 5.74) is 2.16. The lowest BCUT2D eigenvalue weighted by molar-refractivity contribution is -0.132. The summed E-state index contributed by atoms with van der Waals surface area (Å²) in [5, 5.41) is 0. The Balaban J connectivity index is 1.64. The number of halogens is 1. The van der Waals surface area contributed by atoms with Crippen LogP contribution in [0.25, 0.3) is 0 Å². The number of hydrogen-bond donors (Lipinski definition) is 0. The molecule has 0 fully saturated rings. The smallest absolute Gasteiger partial charge is 0.223 e. The van der Waals surface area contributed by atoms with Gasteiger partial charge in [0.05, 0.1) is 19.8 Å². The zero-order valence-electron chi connectivity index (χ0n) is 15.5. The lowest BCUT2D eigenvalue weighted by Crippen LogP contribution is -2.36. The van der Waals surface area contributed by atoms with Crippen LogP contribution >= 0.6 is 0 Å². The van der Waals surface area contributed by atoms with Gasteiger partial charge in [0.1, 0.15) is 5.82 Å². The number of methoxy groups -OCH3 is 2. The first-order valence-electron chi connectivity index (χ1n) is 8.82. The number of amides is 1. The van der Waals surface area contributed by atoms with Crippen LogP contribution in [-0.2, 0) is 17.8 Å². The van der Waals surface area contributed by atoms with E-state index in [1.54, 1.807) is 25.2 Å². The Morgan fingerprint density at radius 2 is 1.70 bits per heavy atom. The Morgan fingerprint density at radius 1 is 1.04 bits per heavy atom. The van der Waals surface area contributed by atoms with Crippen LogP contribution in [0, 0.1) is 5.82 Å². The molecule has 6 heteroatoms. The molecule has 3 rings (SSSR count). The van der Waals surface area contributed by atoms with Crippen LogP contribution in [0.5, 0.6) is 11.5 Å². The molecule has 27 heavy (non-hydrogen) atoms. The molecular formula is C21H22FNO4. The Kier molecular flexibility index (Phi) is 5.74. The molecule has 2 aromatic carbocycles. The average Bonchev–Trinajstić information content (AvgIpc) is 2.70. The Morgan fingerprint density at radius 3 is 2.37 bits per heavy atom. The summed E-state index contributed by atoms with van der Waals surface area (Å²) in [4.78, 5) is 26.4. The van der Waals surface area contributed by atoms with Crippen molar-refractivity contribution in [1.82, 2.24) is 4.90 Å². The predicted molar refractivity (Wildman–Crippen MR) is 98.6 cm³/mol. The molecule has 0 radical (unpaired) electrons. The molecular weight excluding hydrogens is 349 g/mol. The normalized spacial score (nSPS) is 13.1. The van der Waals surface area contributed by atoms with Gasteiger partial charge in [-0.05, 0) is 41.8 Å². The third-order valence-corrected chi connectivity index (χ3v) is 4.81. The number of hydrogen-bond acceptors (Lipinski definition) is 4. The molecule has 0 N–H and O–H groups in total. The molecule has 5 nitrogen and oxygen atoms in total. The van der Waals surface area contributed by atoms with Gasteiger partial charge in [-0.15, -0.1) is 0 Å². The Hall–Kier alpha value is -2.89. The third-order valence-electron chi connectivity index (χ3n) is 4.81. The fraction of sp³-hybridized carbons (Fsp3) is 0.333. The molecule has 1 amide bonds. The topological polar surface area (TPSA) is 55.8 Å². The van der Waals surface area contributed by atoms with Crippen LogP contribution in [0.4, 0.5) is 4.39 Å². The van der Waals surface area contributed by atoms with E-state index in [-0.39, 0.29) is 30.1 Å². The summed E-state index contributed by atoms with van der Waals surface area (Å²) in [6, 6.07) is 9.67. The van der Waals surface area contributed by atoms with Crippen LogP contribution in [0.1, 0.15) is 34.3 Å². The van der Waals surface area contributed by atoms with E-state index in [9.17, 15) is 14.0 Å². The lowest BCUT2D eigenvalue weighted by atomic mass is 9.98. The van der Waals surface area contributed by atoms with Crippen molar-refractivity contribution in [2.24, 2.45) is 0 Å². The second kappa shape index (κ2) is 8.20. The summed E-state index contributed by atoms with van der Waals surface area (Å²) >= 11 is 0. The van der Waals surface area contributed by atoms with Gasteiger partial charge in [-0.2, -0.15) is 0 Å². The van der Waals surface area contributed by atoms with E-state index in [1.807, 2.05) is 12.1 Å². The second-order valence-electron chi connectivity index (χ2n) is 6.44. The first-order valence-corrected chi connectivity index (χ1v) is 8.82. The number of benzene rings is 2. The minimum Gasteiger partial charge on any atom is -0.493 e. The molecule has 0 saturated carbocycles. The molecule has 0 saturated heterocycles. The van der Waals surface area contributed by atoms with Crippen molar-refractivity contribution in [3.63, 3.8) is 0 Å². The molecule has 0 bridgehead atoms. The first-order chi connectivity index (χ1) is 13.0. The second-order valence-corrected chi connectivity index (χ2v) is 6.44. The summed E-state index contributed by atoms with van der Waals surface area (Å²) < 4.78 is 24.3. The molecule has 1 aliphatic rings. The molecule has 0 aliphatic carbocycles. The van der Waals surface area contributed by atoms with Crippen LogP contribution in [0.15, 0.2) is 36.4 Å². The maximum Gasteiger partial charge on any atom is 0.223 e. The average molecular weight is 371 g/mol. The largest absolute Gasteiger partial charge is 0.493 e. The molecule has 0 spiro atoms. The summed E-state index contributed by atoms with van der Waals surface area (Å²) in [5.74, 6) is 0.278. The number of Topliss-reactive ketones (excluding diaryl/α,β-unsaturated/α-hetero) is 1. The van der Waals surface area contributed by atoms with E-state index in [4.69, 9.17) is 9.47 Å². The van der Waals surface area contributed by atoms with Crippen LogP contribution < -0.4 is 9.47 Å². The molecule has 2 aromatic rings. The van der Waals surface area contributed by atoms with Gasteiger partial charge in [-0.25, -0.2) is 4.39 Å². The van der Waals surface area contributed by atoms with Crippen molar-refractivity contribution >= 4 is 11.7 Å². The maximum atomic E-state index is 13.7. The van der Waals surface area contributed by atoms with Crippen molar-refractivity contribution in [2.45, 2.75) is 25.8 Å².